The van der Waals surface area contributed by atoms with Gasteiger partial charge in [0.2, 0.25) is 0 Å². The van der Waals surface area contributed by atoms with Gasteiger partial charge < -0.3 is 29.4 Å². The molecule has 33 heavy (non-hydrogen) atoms. The molecule has 1 rings (SSSR count). The Kier molecular flexibility index (Phi) is 11.3. The van der Waals surface area contributed by atoms with Crippen molar-refractivity contribution in [3.8, 4) is 0 Å². The van der Waals surface area contributed by atoms with Gasteiger partial charge in [-0.1, -0.05) is 0 Å². The van der Waals surface area contributed by atoms with Gasteiger partial charge >= 0.3 is 23.9 Å². The summed E-state index contributed by atoms with van der Waals surface area (Å²) < 4.78 is 19.5. The minimum absolute atomic E-state index is 0.00295. The lowest BCUT2D eigenvalue weighted by Crippen LogP contribution is -2.18. The lowest BCUT2D eigenvalue weighted by molar-refractivity contribution is -0.148. The van der Waals surface area contributed by atoms with Crippen LogP contribution in [0.3, 0.4) is 0 Å². The first-order valence-electron chi connectivity index (χ1n) is 10.1. The zero-order chi connectivity index (χ0) is 25.0. The minimum atomic E-state index is -0.958. The van der Waals surface area contributed by atoms with E-state index in [0.29, 0.717) is 0 Å². The molecule has 0 atom stereocenters. The van der Waals surface area contributed by atoms with Gasteiger partial charge in [-0.2, -0.15) is 0 Å². The van der Waals surface area contributed by atoms with Gasteiger partial charge in [0, 0.05) is 0 Å². The predicted octanol–water partition coefficient (Wildman–Crippen LogP) is 2.40. The Morgan fingerprint density at radius 1 is 0.727 bits per heavy atom. The predicted molar refractivity (Wildman–Crippen MR) is 117 cm³/mol. The number of anilines is 1. The van der Waals surface area contributed by atoms with E-state index in [2.05, 4.69) is 0 Å². The van der Waals surface area contributed by atoms with Crippen LogP contribution in [0.4, 0.5) is 5.69 Å². The molecule has 0 saturated carbocycles. The number of esters is 4. The second-order valence-electron chi connectivity index (χ2n) is 6.13. The molecule has 11 nitrogen and oxygen atoms in total. The lowest BCUT2D eigenvalue weighted by atomic mass is 10.0. The highest BCUT2D eigenvalue weighted by atomic mass is 16.8. The van der Waals surface area contributed by atoms with Gasteiger partial charge in [-0.15, -0.1) is 0 Å². The minimum Gasteiger partial charge on any atom is -0.733 e. The van der Waals surface area contributed by atoms with E-state index in [0.717, 1.165) is 24.3 Å². The fraction of sp³-hybridized carbons (Fsp3) is 0.364. The smallest absolute Gasteiger partial charge is 0.345 e. The number of ether oxygens (including phenoxy) is 4. The molecule has 0 saturated heterocycles. The molecule has 0 bridgehead atoms. The van der Waals surface area contributed by atoms with Crippen molar-refractivity contribution in [2.45, 2.75) is 27.7 Å². The third-order valence-electron chi connectivity index (χ3n) is 3.79. The van der Waals surface area contributed by atoms with Crippen molar-refractivity contribution in [1.82, 2.24) is 0 Å². The van der Waals surface area contributed by atoms with Crippen molar-refractivity contribution in [2.24, 2.45) is 0 Å². The van der Waals surface area contributed by atoms with Crippen LogP contribution in [0.1, 0.15) is 38.8 Å². The fourth-order valence-corrected chi connectivity index (χ4v) is 2.51. The molecule has 180 valence electrons. The third kappa shape index (κ3) is 8.39. The molecular formula is C22H26NO10-. The molecule has 0 heterocycles. The number of carbonyl (C=O) groups excluding carboxylic acids is 4. The third-order valence-corrected chi connectivity index (χ3v) is 3.79. The SMILES string of the molecule is CCOC(=O)C(=Cc1cc(C=C(C(=O)OCC)C(=O)OCC)cc(N([O-])O)c1)C(=O)OCC. The number of benzene rings is 1. The summed E-state index contributed by atoms with van der Waals surface area (Å²) in [5, 5.41) is 20.5. The van der Waals surface area contributed by atoms with Gasteiger partial charge in [0.25, 0.3) is 0 Å². The second-order valence-corrected chi connectivity index (χ2v) is 6.13. The first-order valence-corrected chi connectivity index (χ1v) is 10.1. The number of nitrogens with zero attached hydrogens (tertiary/aromatic N) is 1. The fourth-order valence-electron chi connectivity index (χ4n) is 2.51. The van der Waals surface area contributed by atoms with E-state index in [1.54, 1.807) is 27.7 Å². The first-order chi connectivity index (χ1) is 15.7. The molecule has 0 aromatic heterocycles. The van der Waals surface area contributed by atoms with Crippen LogP contribution < -0.4 is 5.23 Å². The monoisotopic (exact) mass is 464 g/mol. The van der Waals surface area contributed by atoms with Gasteiger partial charge in [-0.05, 0) is 69.2 Å². The molecule has 1 aromatic rings. The van der Waals surface area contributed by atoms with E-state index < -0.39 is 40.2 Å². The van der Waals surface area contributed by atoms with Crippen LogP contribution in [0, 0.1) is 5.21 Å². The zero-order valence-electron chi connectivity index (χ0n) is 18.8. The van der Waals surface area contributed by atoms with Gasteiger partial charge in [-0.3, -0.25) is 5.21 Å². The van der Waals surface area contributed by atoms with E-state index in [4.69, 9.17) is 18.9 Å². The normalized spacial score (nSPS) is 9.88. The molecule has 0 aliphatic rings. The summed E-state index contributed by atoms with van der Waals surface area (Å²) in [5.41, 5.74) is -1.04. The maximum Gasteiger partial charge on any atom is 0.345 e. The Morgan fingerprint density at radius 3 is 1.27 bits per heavy atom. The van der Waals surface area contributed by atoms with Crippen molar-refractivity contribution in [3.63, 3.8) is 0 Å². The van der Waals surface area contributed by atoms with Crippen LogP contribution in [-0.2, 0) is 38.1 Å². The summed E-state index contributed by atoms with van der Waals surface area (Å²) in [7, 11) is 0. The molecular weight excluding hydrogens is 438 g/mol. The summed E-state index contributed by atoms with van der Waals surface area (Å²) in [5.74, 6) is -3.83. The van der Waals surface area contributed by atoms with Crippen molar-refractivity contribution >= 4 is 41.7 Å². The molecule has 11 heteroatoms. The number of hydrogen-bond donors (Lipinski definition) is 1. The van der Waals surface area contributed by atoms with Gasteiger partial charge in [0.05, 0.1) is 32.1 Å². The quantitative estimate of drug-likeness (QED) is 0.128. The van der Waals surface area contributed by atoms with Crippen LogP contribution in [0.2, 0.25) is 0 Å². The summed E-state index contributed by atoms with van der Waals surface area (Å²) >= 11 is 0. The van der Waals surface area contributed by atoms with E-state index >= 15 is 0 Å². The summed E-state index contributed by atoms with van der Waals surface area (Å²) in [6.07, 6.45) is 2.18. The van der Waals surface area contributed by atoms with Crippen molar-refractivity contribution < 1.29 is 43.3 Å². The number of carbonyl (C=O) groups is 4. The number of rotatable bonds is 11. The largest absolute Gasteiger partial charge is 0.733 e. The van der Waals surface area contributed by atoms with Crippen LogP contribution in [-0.4, -0.2) is 55.5 Å². The molecule has 0 radical (unpaired) electrons. The molecule has 1 N–H and O–H groups in total. The summed E-state index contributed by atoms with van der Waals surface area (Å²) in [4.78, 5) is 48.9. The van der Waals surface area contributed by atoms with Gasteiger partial charge in [0.1, 0.15) is 11.1 Å². The topological polar surface area (TPSA) is 152 Å². The summed E-state index contributed by atoms with van der Waals surface area (Å²) in [6.45, 7) is 6.20. The molecule has 0 fully saturated rings. The Bertz CT molecular complexity index is 825. The molecule has 1 aromatic carbocycles. The van der Waals surface area contributed by atoms with Crippen LogP contribution in [0.5, 0.6) is 0 Å². The van der Waals surface area contributed by atoms with Gasteiger partial charge in [0.15, 0.2) is 0 Å². The van der Waals surface area contributed by atoms with E-state index in [9.17, 15) is 29.6 Å². The maximum absolute atomic E-state index is 12.2. The Labute approximate surface area is 190 Å². The van der Waals surface area contributed by atoms with E-state index in [1.165, 1.54) is 6.07 Å². The maximum atomic E-state index is 12.2. The Balaban J connectivity index is 3.66. The highest BCUT2D eigenvalue weighted by molar-refractivity contribution is 6.18. The van der Waals surface area contributed by atoms with E-state index in [1.807, 2.05) is 0 Å². The standard InChI is InChI=1S/C22H26NO10/c1-5-30-19(24)17(20(25)31-6-2)12-14-9-15(11-16(10-14)23(28)29)13-18(21(26)32-7-3)22(27)33-8-4/h9-13,28H,5-8H2,1-4H3/q-1. The van der Waals surface area contributed by atoms with Crippen LogP contribution in [0.25, 0.3) is 12.2 Å². The lowest BCUT2D eigenvalue weighted by Gasteiger charge is -2.22. The zero-order valence-corrected chi connectivity index (χ0v) is 18.8. The first kappa shape index (κ1) is 27.3. The Hall–Kier alpha value is -3.70. The molecule has 0 unspecified atom stereocenters. The molecule has 0 aliphatic heterocycles. The van der Waals surface area contributed by atoms with Crippen LogP contribution >= 0.6 is 0 Å². The highest BCUT2D eigenvalue weighted by Gasteiger charge is 2.23. The van der Waals surface area contributed by atoms with Crippen molar-refractivity contribution in [2.75, 3.05) is 31.7 Å². The molecule has 0 amide bonds. The average Bonchev–Trinajstić information content (AvgIpc) is 2.76. The molecule has 0 aliphatic carbocycles. The van der Waals surface area contributed by atoms with Gasteiger partial charge in [-0.25, -0.2) is 19.2 Å². The Morgan fingerprint density at radius 2 is 1.03 bits per heavy atom. The van der Waals surface area contributed by atoms with Crippen molar-refractivity contribution in [3.05, 3.63) is 45.7 Å². The second kappa shape index (κ2) is 13.7. The molecule has 0 spiro atoms. The van der Waals surface area contributed by atoms with Crippen LogP contribution in [0.15, 0.2) is 29.3 Å². The van der Waals surface area contributed by atoms with E-state index in [-0.39, 0.29) is 43.2 Å². The highest BCUT2D eigenvalue weighted by Crippen LogP contribution is 2.23. The van der Waals surface area contributed by atoms with Crippen molar-refractivity contribution in [1.29, 1.82) is 0 Å². The summed E-state index contributed by atoms with van der Waals surface area (Å²) in [6, 6.07) is 3.68. The average molecular weight is 464 g/mol. The number of hydrogen-bond acceptors (Lipinski definition) is 11.